The Balaban J connectivity index is 1.84. The summed E-state index contributed by atoms with van der Waals surface area (Å²) in [6.07, 6.45) is 0.457. The second kappa shape index (κ2) is 5.40. The van der Waals surface area contributed by atoms with Gasteiger partial charge < -0.3 is 10.3 Å². The van der Waals surface area contributed by atoms with E-state index < -0.39 is 0 Å². The molecule has 5 nitrogen and oxygen atoms in total. The minimum Gasteiger partial charge on any atom is -0.375 e. The fourth-order valence-electron chi connectivity index (χ4n) is 1.65. The zero-order valence-corrected chi connectivity index (χ0v) is 12.3. The summed E-state index contributed by atoms with van der Waals surface area (Å²) < 4.78 is 5.16. The molecule has 0 aliphatic carbocycles. The minimum atomic E-state index is 0.345. The molecule has 0 aliphatic rings. The van der Waals surface area contributed by atoms with Crippen molar-refractivity contribution in [1.29, 1.82) is 0 Å². The average molecular weight is 327 g/mol. The summed E-state index contributed by atoms with van der Waals surface area (Å²) in [6.45, 7) is 0. The first-order chi connectivity index (χ1) is 9.61. The van der Waals surface area contributed by atoms with Gasteiger partial charge in [0.25, 0.3) is 5.89 Å². The summed E-state index contributed by atoms with van der Waals surface area (Å²) >= 11 is 13.3. The zero-order valence-electron chi connectivity index (χ0n) is 10.0. The van der Waals surface area contributed by atoms with Crippen molar-refractivity contribution in [2.75, 3.05) is 5.73 Å². The third-order valence-electron chi connectivity index (χ3n) is 2.57. The number of nitrogens with two attached hydrogens (primary N) is 1. The van der Waals surface area contributed by atoms with Crippen molar-refractivity contribution >= 4 is 39.7 Å². The van der Waals surface area contributed by atoms with Gasteiger partial charge in [0, 0.05) is 21.8 Å². The second-order valence-electron chi connectivity index (χ2n) is 4.00. The van der Waals surface area contributed by atoms with Crippen LogP contribution in [0.3, 0.4) is 0 Å². The van der Waals surface area contributed by atoms with E-state index in [2.05, 4.69) is 15.1 Å². The molecule has 20 heavy (non-hydrogen) atoms. The van der Waals surface area contributed by atoms with Crippen molar-refractivity contribution in [2.24, 2.45) is 0 Å². The second-order valence-corrected chi connectivity index (χ2v) is 5.73. The molecule has 0 fully saturated rings. The van der Waals surface area contributed by atoms with Crippen molar-refractivity contribution in [3.63, 3.8) is 0 Å². The lowest BCUT2D eigenvalue weighted by Gasteiger charge is -2.00. The number of benzene rings is 1. The molecule has 0 saturated carbocycles. The highest BCUT2D eigenvalue weighted by Gasteiger charge is 2.13. The van der Waals surface area contributed by atoms with Crippen LogP contribution in [0.4, 0.5) is 5.13 Å². The van der Waals surface area contributed by atoms with Crippen LogP contribution in [0.15, 0.2) is 28.1 Å². The SMILES string of the molecule is Nc1nc(-c2nc(Cc3ccc(Cl)cc3Cl)no2)cs1. The van der Waals surface area contributed by atoms with Gasteiger partial charge in [0.05, 0.1) is 0 Å². The summed E-state index contributed by atoms with van der Waals surface area (Å²) in [5.74, 6) is 0.869. The Morgan fingerprint density at radius 1 is 1.25 bits per heavy atom. The highest BCUT2D eigenvalue weighted by Crippen LogP contribution is 2.25. The molecule has 0 aliphatic heterocycles. The monoisotopic (exact) mass is 326 g/mol. The predicted octanol–water partition coefficient (Wildman–Crippen LogP) is 3.67. The van der Waals surface area contributed by atoms with E-state index in [1.165, 1.54) is 11.3 Å². The number of rotatable bonds is 3. The predicted molar refractivity (Wildman–Crippen MR) is 79.1 cm³/mol. The van der Waals surface area contributed by atoms with Crippen LogP contribution in [-0.2, 0) is 6.42 Å². The first-order valence-corrected chi connectivity index (χ1v) is 7.23. The molecule has 3 aromatic rings. The van der Waals surface area contributed by atoms with Gasteiger partial charge in [-0.3, -0.25) is 0 Å². The van der Waals surface area contributed by atoms with E-state index in [9.17, 15) is 0 Å². The van der Waals surface area contributed by atoms with Gasteiger partial charge in [-0.1, -0.05) is 34.4 Å². The van der Waals surface area contributed by atoms with Gasteiger partial charge in [-0.05, 0) is 17.7 Å². The van der Waals surface area contributed by atoms with Crippen molar-refractivity contribution in [3.05, 3.63) is 45.0 Å². The quantitative estimate of drug-likeness (QED) is 0.794. The number of hydrogen-bond donors (Lipinski definition) is 1. The van der Waals surface area contributed by atoms with Crippen LogP contribution in [0.1, 0.15) is 11.4 Å². The molecule has 2 N–H and O–H groups in total. The van der Waals surface area contributed by atoms with E-state index in [0.29, 0.717) is 39.0 Å². The lowest BCUT2D eigenvalue weighted by molar-refractivity contribution is 0.423. The van der Waals surface area contributed by atoms with Crippen LogP contribution in [0.25, 0.3) is 11.6 Å². The fraction of sp³-hybridized carbons (Fsp3) is 0.0833. The molecule has 2 heterocycles. The molecule has 102 valence electrons. The normalized spacial score (nSPS) is 10.9. The number of aromatic nitrogens is 3. The number of anilines is 1. The van der Waals surface area contributed by atoms with E-state index in [1.54, 1.807) is 17.5 Å². The highest BCUT2D eigenvalue weighted by atomic mass is 35.5. The van der Waals surface area contributed by atoms with Crippen molar-refractivity contribution in [3.8, 4) is 11.6 Å². The van der Waals surface area contributed by atoms with E-state index in [0.717, 1.165) is 5.56 Å². The van der Waals surface area contributed by atoms with E-state index in [4.69, 9.17) is 33.5 Å². The molecule has 0 radical (unpaired) electrons. The number of nitrogen functional groups attached to an aromatic ring is 1. The maximum atomic E-state index is 6.11. The molecule has 0 atom stereocenters. The molecule has 0 unspecified atom stereocenters. The van der Waals surface area contributed by atoms with Gasteiger partial charge in [0.15, 0.2) is 11.0 Å². The molecule has 0 spiro atoms. The Hall–Kier alpha value is -1.63. The van der Waals surface area contributed by atoms with Crippen LogP contribution in [-0.4, -0.2) is 15.1 Å². The standard InChI is InChI=1S/C12H8Cl2N4OS/c13-7-2-1-6(8(14)4-7)3-10-17-11(19-18-10)9-5-20-12(15)16-9/h1-2,4-5H,3H2,(H2,15,16). The summed E-state index contributed by atoms with van der Waals surface area (Å²) in [4.78, 5) is 8.36. The molecule has 3 rings (SSSR count). The molecule has 1 aromatic carbocycles. The van der Waals surface area contributed by atoms with Crippen LogP contribution in [0.5, 0.6) is 0 Å². The average Bonchev–Trinajstić information content (AvgIpc) is 3.02. The smallest absolute Gasteiger partial charge is 0.277 e. The molecule has 8 heteroatoms. The van der Waals surface area contributed by atoms with Crippen LogP contribution < -0.4 is 5.73 Å². The third kappa shape index (κ3) is 2.77. The van der Waals surface area contributed by atoms with Gasteiger partial charge in [0.1, 0.15) is 5.69 Å². The number of nitrogens with zero attached hydrogens (tertiary/aromatic N) is 3. The third-order valence-corrected chi connectivity index (χ3v) is 3.83. The summed E-state index contributed by atoms with van der Waals surface area (Å²) in [6, 6.07) is 5.28. The minimum absolute atomic E-state index is 0.345. The maximum Gasteiger partial charge on any atom is 0.277 e. The van der Waals surface area contributed by atoms with Crippen LogP contribution in [0, 0.1) is 0 Å². The van der Waals surface area contributed by atoms with Crippen molar-refractivity contribution in [2.45, 2.75) is 6.42 Å². The Morgan fingerprint density at radius 2 is 2.10 bits per heavy atom. The maximum absolute atomic E-state index is 6.11. The molecule has 0 bridgehead atoms. The Kier molecular flexibility index (Phi) is 3.60. The molecule has 0 saturated heterocycles. The van der Waals surface area contributed by atoms with Crippen molar-refractivity contribution < 1.29 is 4.52 Å². The van der Waals surface area contributed by atoms with Gasteiger partial charge in [-0.25, -0.2) is 4.98 Å². The molecular weight excluding hydrogens is 319 g/mol. The molecule has 0 amide bonds. The van der Waals surface area contributed by atoms with E-state index in [1.807, 2.05) is 6.07 Å². The Bertz CT molecular complexity index is 756. The summed E-state index contributed by atoms with van der Waals surface area (Å²) in [7, 11) is 0. The lowest BCUT2D eigenvalue weighted by Crippen LogP contribution is -1.92. The van der Waals surface area contributed by atoms with Gasteiger partial charge in [0.2, 0.25) is 0 Å². The number of halogens is 2. The fourth-order valence-corrected chi connectivity index (χ4v) is 2.66. The van der Waals surface area contributed by atoms with Gasteiger partial charge in [-0.2, -0.15) is 4.98 Å². The first-order valence-electron chi connectivity index (χ1n) is 5.60. The summed E-state index contributed by atoms with van der Waals surface area (Å²) in [5.41, 5.74) is 7.02. The van der Waals surface area contributed by atoms with Crippen molar-refractivity contribution in [1.82, 2.24) is 15.1 Å². The summed E-state index contributed by atoms with van der Waals surface area (Å²) in [5, 5.41) is 7.29. The number of thiazole rings is 1. The highest BCUT2D eigenvalue weighted by molar-refractivity contribution is 7.13. The van der Waals surface area contributed by atoms with Crippen LogP contribution in [0.2, 0.25) is 10.0 Å². The van der Waals surface area contributed by atoms with Gasteiger partial charge in [-0.15, -0.1) is 11.3 Å². The van der Waals surface area contributed by atoms with E-state index >= 15 is 0 Å². The first kappa shape index (κ1) is 13.4. The lowest BCUT2D eigenvalue weighted by atomic mass is 10.1. The van der Waals surface area contributed by atoms with Crippen LogP contribution >= 0.6 is 34.5 Å². The molecule has 2 aromatic heterocycles. The zero-order chi connectivity index (χ0) is 14.1. The Labute approximate surface area is 128 Å². The van der Waals surface area contributed by atoms with E-state index in [-0.39, 0.29) is 0 Å². The Morgan fingerprint density at radius 3 is 2.80 bits per heavy atom. The number of hydrogen-bond acceptors (Lipinski definition) is 6. The molecular formula is C12H8Cl2N4OS. The largest absolute Gasteiger partial charge is 0.375 e. The topological polar surface area (TPSA) is 77.8 Å². The van der Waals surface area contributed by atoms with Gasteiger partial charge >= 0.3 is 0 Å².